The van der Waals surface area contributed by atoms with Crippen molar-refractivity contribution in [2.45, 2.75) is 9.79 Å². The summed E-state index contributed by atoms with van der Waals surface area (Å²) in [5.41, 5.74) is 2.61. The van der Waals surface area contributed by atoms with Gasteiger partial charge < -0.3 is 0 Å². The van der Waals surface area contributed by atoms with E-state index < -0.39 is 0 Å². The Morgan fingerprint density at radius 2 is 1.07 bits per heavy atom. The Labute approximate surface area is 163 Å². The Hall–Kier alpha value is -3.03. The summed E-state index contributed by atoms with van der Waals surface area (Å²) in [6.45, 7) is 0. The zero-order valence-electron chi connectivity index (χ0n) is 14.8. The van der Waals surface area contributed by atoms with E-state index >= 15 is 0 Å². The van der Waals surface area contributed by atoms with Gasteiger partial charge in [-0.25, -0.2) is 0 Å². The highest BCUT2D eigenvalue weighted by atomic mass is 32.2. The lowest BCUT2D eigenvalue weighted by molar-refractivity contribution is 1.42. The summed E-state index contributed by atoms with van der Waals surface area (Å²) in [5, 5.41) is 5.15. The zero-order chi connectivity index (χ0) is 18.1. The highest BCUT2D eigenvalue weighted by Gasteiger charge is 2.13. The Kier molecular flexibility index (Phi) is 4.16. The first-order chi connectivity index (χ1) is 13.4. The molecule has 0 nitrogen and oxygen atoms in total. The van der Waals surface area contributed by atoms with E-state index in [-0.39, 0.29) is 0 Å². The van der Waals surface area contributed by atoms with Crippen LogP contribution in [0.1, 0.15) is 0 Å². The van der Waals surface area contributed by atoms with Gasteiger partial charge in [-0.05, 0) is 45.3 Å². The summed E-state index contributed by atoms with van der Waals surface area (Å²) in [4.78, 5) is 2.55. The third-order valence-electron chi connectivity index (χ3n) is 4.92. The van der Waals surface area contributed by atoms with Gasteiger partial charge in [0, 0.05) is 15.4 Å². The van der Waals surface area contributed by atoms with Crippen LogP contribution in [0.3, 0.4) is 0 Å². The van der Waals surface area contributed by atoms with E-state index in [2.05, 4.69) is 109 Å². The topological polar surface area (TPSA) is 0 Å². The molecular formula is C26H18S. The van der Waals surface area contributed by atoms with E-state index in [1.165, 1.54) is 42.5 Å². The minimum absolute atomic E-state index is 1.26. The fraction of sp³-hybridized carbons (Fsp3) is 0. The Morgan fingerprint density at radius 3 is 1.89 bits per heavy atom. The fourth-order valence-corrected chi connectivity index (χ4v) is 4.68. The zero-order valence-corrected chi connectivity index (χ0v) is 15.6. The maximum atomic E-state index is 2.26. The third-order valence-corrected chi connectivity index (χ3v) is 5.99. The summed E-state index contributed by atoms with van der Waals surface area (Å²) in [6, 6.07) is 39.0. The lowest BCUT2D eigenvalue weighted by Crippen LogP contribution is -1.88. The summed E-state index contributed by atoms with van der Waals surface area (Å²) < 4.78 is 0. The number of rotatable bonds is 3. The molecule has 0 saturated carbocycles. The van der Waals surface area contributed by atoms with Gasteiger partial charge >= 0.3 is 0 Å². The minimum atomic E-state index is 1.26. The predicted octanol–water partition coefficient (Wildman–Crippen LogP) is 7.81. The van der Waals surface area contributed by atoms with E-state index in [0.29, 0.717) is 0 Å². The average molecular weight is 362 g/mol. The molecule has 27 heavy (non-hydrogen) atoms. The Balaban J connectivity index is 1.82. The van der Waals surface area contributed by atoms with E-state index in [9.17, 15) is 0 Å². The van der Waals surface area contributed by atoms with Crippen LogP contribution in [0, 0.1) is 0 Å². The molecule has 0 aromatic heterocycles. The van der Waals surface area contributed by atoms with Crippen LogP contribution in [0.15, 0.2) is 119 Å². The summed E-state index contributed by atoms with van der Waals surface area (Å²) in [5.74, 6) is 0. The van der Waals surface area contributed by atoms with Gasteiger partial charge in [0.2, 0.25) is 0 Å². The standard InChI is InChI=1S/C26H18S/c1-2-12-21(13-3-1)27-25-18-17-20-10-5-7-15-23(20)26(25)24-16-8-11-19-9-4-6-14-22(19)24/h1-18H. The van der Waals surface area contributed by atoms with Gasteiger partial charge in [0.25, 0.3) is 0 Å². The molecule has 0 N–H and O–H groups in total. The van der Waals surface area contributed by atoms with Gasteiger partial charge in [0.1, 0.15) is 0 Å². The molecule has 0 spiro atoms. The van der Waals surface area contributed by atoms with Crippen molar-refractivity contribution in [3.8, 4) is 11.1 Å². The van der Waals surface area contributed by atoms with Crippen molar-refractivity contribution in [2.24, 2.45) is 0 Å². The van der Waals surface area contributed by atoms with Crippen LogP contribution in [0.2, 0.25) is 0 Å². The van der Waals surface area contributed by atoms with Crippen LogP contribution >= 0.6 is 11.8 Å². The largest absolute Gasteiger partial charge is 0.0894 e. The van der Waals surface area contributed by atoms with Gasteiger partial charge in [0.05, 0.1) is 0 Å². The normalized spacial score (nSPS) is 11.1. The molecule has 0 bridgehead atoms. The molecule has 5 rings (SSSR count). The van der Waals surface area contributed by atoms with Crippen LogP contribution in [-0.4, -0.2) is 0 Å². The molecule has 0 aliphatic rings. The van der Waals surface area contributed by atoms with Crippen LogP contribution in [0.4, 0.5) is 0 Å². The van der Waals surface area contributed by atoms with Crippen molar-refractivity contribution >= 4 is 33.3 Å². The van der Waals surface area contributed by atoms with Crippen LogP contribution in [-0.2, 0) is 0 Å². The molecule has 0 amide bonds. The molecule has 0 aliphatic heterocycles. The van der Waals surface area contributed by atoms with Gasteiger partial charge in [-0.3, -0.25) is 0 Å². The van der Waals surface area contributed by atoms with Crippen LogP contribution < -0.4 is 0 Å². The smallest absolute Gasteiger partial charge is 0.0207 e. The molecule has 0 radical (unpaired) electrons. The highest BCUT2D eigenvalue weighted by molar-refractivity contribution is 7.99. The van der Waals surface area contributed by atoms with Crippen molar-refractivity contribution in [2.75, 3.05) is 0 Å². The SMILES string of the molecule is c1ccc(Sc2ccc3ccccc3c2-c2cccc3ccccc23)cc1. The summed E-state index contributed by atoms with van der Waals surface area (Å²) in [7, 11) is 0. The quantitative estimate of drug-likeness (QED) is 0.315. The molecule has 0 heterocycles. The molecule has 0 fully saturated rings. The summed E-state index contributed by atoms with van der Waals surface area (Å²) >= 11 is 1.83. The van der Waals surface area contributed by atoms with Crippen LogP contribution in [0.25, 0.3) is 32.7 Å². The molecule has 5 aromatic rings. The second-order valence-electron chi connectivity index (χ2n) is 6.60. The summed E-state index contributed by atoms with van der Waals surface area (Å²) in [6.07, 6.45) is 0. The van der Waals surface area contributed by atoms with E-state index in [1.54, 1.807) is 0 Å². The molecule has 0 aliphatic carbocycles. The first-order valence-corrected chi connectivity index (χ1v) is 9.94. The molecule has 1 heteroatoms. The van der Waals surface area contributed by atoms with Gasteiger partial charge in [0.15, 0.2) is 0 Å². The second-order valence-corrected chi connectivity index (χ2v) is 7.72. The molecular weight excluding hydrogens is 344 g/mol. The van der Waals surface area contributed by atoms with Crippen molar-refractivity contribution in [1.82, 2.24) is 0 Å². The first kappa shape index (κ1) is 16.2. The fourth-order valence-electron chi connectivity index (χ4n) is 3.67. The number of benzene rings is 5. The average Bonchev–Trinajstić information content (AvgIpc) is 2.74. The number of fused-ring (bicyclic) bond motifs is 2. The third kappa shape index (κ3) is 3.01. The molecule has 0 saturated heterocycles. The molecule has 128 valence electrons. The minimum Gasteiger partial charge on any atom is -0.0894 e. The lowest BCUT2D eigenvalue weighted by atomic mass is 9.94. The molecule has 5 aromatic carbocycles. The van der Waals surface area contributed by atoms with Crippen molar-refractivity contribution in [3.05, 3.63) is 109 Å². The Bertz CT molecular complexity index is 1230. The van der Waals surface area contributed by atoms with E-state index in [1.807, 2.05) is 11.8 Å². The maximum absolute atomic E-state index is 2.26. The Morgan fingerprint density at radius 1 is 0.444 bits per heavy atom. The van der Waals surface area contributed by atoms with Crippen LogP contribution in [0.5, 0.6) is 0 Å². The second kappa shape index (κ2) is 6.94. The highest BCUT2D eigenvalue weighted by Crippen LogP contribution is 2.42. The van der Waals surface area contributed by atoms with Gasteiger partial charge in [-0.2, -0.15) is 0 Å². The van der Waals surface area contributed by atoms with Crippen molar-refractivity contribution < 1.29 is 0 Å². The number of hydrogen-bond acceptors (Lipinski definition) is 1. The monoisotopic (exact) mass is 362 g/mol. The maximum Gasteiger partial charge on any atom is 0.0207 e. The first-order valence-electron chi connectivity index (χ1n) is 9.13. The van der Waals surface area contributed by atoms with Crippen molar-refractivity contribution in [1.29, 1.82) is 0 Å². The van der Waals surface area contributed by atoms with E-state index in [0.717, 1.165) is 0 Å². The predicted molar refractivity (Wildman–Crippen MR) is 117 cm³/mol. The molecule has 0 atom stereocenters. The van der Waals surface area contributed by atoms with E-state index in [4.69, 9.17) is 0 Å². The van der Waals surface area contributed by atoms with Gasteiger partial charge in [-0.15, -0.1) is 0 Å². The number of hydrogen-bond donors (Lipinski definition) is 0. The van der Waals surface area contributed by atoms with Crippen molar-refractivity contribution in [3.63, 3.8) is 0 Å². The molecule has 0 unspecified atom stereocenters. The van der Waals surface area contributed by atoms with Gasteiger partial charge in [-0.1, -0.05) is 103 Å². The lowest BCUT2D eigenvalue weighted by Gasteiger charge is -2.15.